The number of pyridine rings is 1. The Bertz CT molecular complexity index is 1980. The molecule has 5 rings (SSSR count). The van der Waals surface area contributed by atoms with E-state index in [1.807, 2.05) is 52.5 Å². The highest BCUT2D eigenvalue weighted by atomic mass is 32.1. The van der Waals surface area contributed by atoms with Gasteiger partial charge in [-0.3, -0.25) is 14.6 Å². The first kappa shape index (κ1) is 38.0. The van der Waals surface area contributed by atoms with Crippen LogP contribution < -0.4 is 29.6 Å². The summed E-state index contributed by atoms with van der Waals surface area (Å²) in [6.45, 7) is 2.96. The lowest BCUT2D eigenvalue weighted by molar-refractivity contribution is -0.123. The molecule has 0 unspecified atom stereocenters. The van der Waals surface area contributed by atoms with Gasteiger partial charge in [0.25, 0.3) is 0 Å². The van der Waals surface area contributed by atoms with Gasteiger partial charge in [0, 0.05) is 42.0 Å². The zero-order chi connectivity index (χ0) is 37.0. The number of carbonyl (C=O) groups excluding carboxylic acids is 2. The van der Waals surface area contributed by atoms with Crippen LogP contribution in [0.15, 0.2) is 79.0 Å². The van der Waals surface area contributed by atoms with Crippen LogP contribution in [0.25, 0.3) is 20.7 Å². The number of aromatic nitrogens is 1. The van der Waals surface area contributed by atoms with Crippen molar-refractivity contribution in [3.8, 4) is 39.2 Å². The van der Waals surface area contributed by atoms with E-state index in [4.69, 9.17) is 18.9 Å². The number of fused-ring (bicyclic) bond motifs is 1. The minimum absolute atomic E-state index is 0.0291. The van der Waals surface area contributed by atoms with Gasteiger partial charge in [-0.05, 0) is 95.1 Å². The van der Waals surface area contributed by atoms with Gasteiger partial charge in [0.1, 0.15) is 17.9 Å². The van der Waals surface area contributed by atoms with Crippen LogP contribution in [-0.2, 0) is 9.59 Å². The van der Waals surface area contributed by atoms with Gasteiger partial charge in [0.2, 0.25) is 11.8 Å². The average Bonchev–Trinajstić information content (AvgIpc) is 3.55. The third-order valence-corrected chi connectivity index (χ3v) is 8.94. The van der Waals surface area contributed by atoms with Gasteiger partial charge in [-0.1, -0.05) is 12.1 Å². The van der Waals surface area contributed by atoms with Crippen molar-refractivity contribution in [1.82, 2.24) is 14.8 Å². The number of hydrogen-bond donors (Lipinski definition) is 2. The molecule has 0 radical (unpaired) electrons. The fourth-order valence-corrected chi connectivity index (χ4v) is 6.29. The largest absolute Gasteiger partial charge is 0.495 e. The Kier molecular flexibility index (Phi) is 13.4. The monoisotopic (exact) mass is 729 g/mol. The molecule has 0 saturated carbocycles. The number of carbonyl (C=O) groups is 2. The number of nitrogens with one attached hydrogen (secondary N) is 2. The highest BCUT2D eigenvalue weighted by Crippen LogP contribution is 2.42. The predicted octanol–water partition coefficient (Wildman–Crippen LogP) is 7.53. The van der Waals surface area contributed by atoms with E-state index in [2.05, 4.69) is 25.4 Å². The molecule has 0 spiro atoms. The SMILES string of the molecule is COc1ccccc1NC(=O)CC(=O)Nc1ccc(Oc2ccnc3cc(-c4ccc(OCCCN(C)C)c(OCCCN(C)C)c4)sc23)c(F)c1. The predicted molar refractivity (Wildman–Crippen MR) is 204 cm³/mol. The smallest absolute Gasteiger partial charge is 0.233 e. The molecule has 0 saturated heterocycles. The maximum absolute atomic E-state index is 15.3. The van der Waals surface area contributed by atoms with Gasteiger partial charge < -0.3 is 39.4 Å². The van der Waals surface area contributed by atoms with E-state index in [1.54, 1.807) is 36.5 Å². The van der Waals surface area contributed by atoms with E-state index in [-0.39, 0.29) is 11.4 Å². The number of hydrogen-bond acceptors (Lipinski definition) is 10. The molecular formula is C39H44FN5O6S. The number of para-hydroxylation sites is 2. The summed E-state index contributed by atoms with van der Waals surface area (Å²) in [5, 5.41) is 5.21. The van der Waals surface area contributed by atoms with E-state index in [0.29, 0.717) is 47.4 Å². The number of ether oxygens (including phenoxy) is 4. The highest BCUT2D eigenvalue weighted by Gasteiger charge is 2.17. The first-order chi connectivity index (χ1) is 25.1. The molecule has 13 heteroatoms. The Morgan fingerprint density at radius 3 is 2.17 bits per heavy atom. The molecule has 0 atom stereocenters. The lowest BCUT2D eigenvalue weighted by Gasteiger charge is -2.16. The summed E-state index contributed by atoms with van der Waals surface area (Å²) in [4.78, 5) is 34.7. The van der Waals surface area contributed by atoms with Crippen LogP contribution in [0.3, 0.4) is 0 Å². The second-order valence-corrected chi connectivity index (χ2v) is 13.6. The van der Waals surface area contributed by atoms with Crippen molar-refractivity contribution in [3.05, 3.63) is 84.8 Å². The number of amides is 2. The first-order valence-corrected chi connectivity index (χ1v) is 17.7. The number of methoxy groups -OCH3 is 1. The minimum Gasteiger partial charge on any atom is -0.495 e. The van der Waals surface area contributed by atoms with Crippen molar-refractivity contribution >= 4 is 44.7 Å². The quantitative estimate of drug-likeness (QED) is 0.0698. The molecule has 2 amide bonds. The van der Waals surface area contributed by atoms with Crippen molar-refractivity contribution < 1.29 is 32.9 Å². The number of halogens is 1. The zero-order valence-corrected chi connectivity index (χ0v) is 30.8. The van der Waals surface area contributed by atoms with E-state index >= 15 is 4.39 Å². The molecule has 3 aromatic carbocycles. The standard InChI is InChI=1S/C39H44FN5O6S/c1-44(2)18-8-20-49-33-14-12-26(22-35(33)50-21-9-19-45(3)4)36-24-30-39(52-36)34(16-17-41-30)51-31-15-13-27(23-28(31)40)42-37(46)25-38(47)43-29-10-6-7-11-32(29)48-5/h6-7,10-17,22-24H,8-9,18-21,25H2,1-5H3,(H,42,46)(H,43,47). The molecule has 0 fully saturated rings. The number of nitrogens with zero attached hydrogens (tertiary/aromatic N) is 3. The third-order valence-electron chi connectivity index (χ3n) is 7.76. The summed E-state index contributed by atoms with van der Waals surface area (Å²) >= 11 is 1.47. The Morgan fingerprint density at radius 2 is 1.46 bits per heavy atom. The van der Waals surface area contributed by atoms with Crippen molar-refractivity contribution in [2.75, 3.05) is 72.2 Å². The van der Waals surface area contributed by atoms with Gasteiger partial charge in [-0.15, -0.1) is 11.3 Å². The van der Waals surface area contributed by atoms with Crippen LogP contribution in [0.5, 0.6) is 28.7 Å². The molecule has 5 aromatic rings. The molecule has 0 bridgehead atoms. The maximum Gasteiger partial charge on any atom is 0.233 e. The topological polar surface area (TPSA) is 114 Å². The number of rotatable bonds is 18. The second-order valence-electron chi connectivity index (χ2n) is 12.5. The second kappa shape index (κ2) is 18.3. The molecule has 11 nitrogen and oxygen atoms in total. The number of benzene rings is 3. The fourth-order valence-electron chi connectivity index (χ4n) is 5.23. The average molecular weight is 730 g/mol. The molecule has 2 N–H and O–H groups in total. The van der Waals surface area contributed by atoms with Gasteiger partial charge in [0.15, 0.2) is 23.1 Å². The maximum atomic E-state index is 15.3. The Labute approximate surface area is 307 Å². The van der Waals surface area contributed by atoms with Crippen molar-refractivity contribution in [2.45, 2.75) is 19.3 Å². The molecule has 52 heavy (non-hydrogen) atoms. The summed E-state index contributed by atoms with van der Waals surface area (Å²) in [5.74, 6) is 0.419. The molecule has 274 valence electrons. The number of thiophene rings is 1. The van der Waals surface area contributed by atoms with Crippen LogP contribution in [0, 0.1) is 5.82 Å². The molecular weight excluding hydrogens is 686 g/mol. The molecule has 2 aromatic heterocycles. The van der Waals surface area contributed by atoms with E-state index in [1.165, 1.54) is 30.6 Å². The highest BCUT2D eigenvalue weighted by molar-refractivity contribution is 7.22. The van der Waals surface area contributed by atoms with Crippen LogP contribution in [0.4, 0.5) is 15.8 Å². The van der Waals surface area contributed by atoms with Gasteiger partial charge in [-0.2, -0.15) is 0 Å². The summed E-state index contributed by atoms with van der Waals surface area (Å²) in [5.41, 5.74) is 2.26. The third kappa shape index (κ3) is 10.6. The lowest BCUT2D eigenvalue weighted by Crippen LogP contribution is -2.21. The van der Waals surface area contributed by atoms with Crippen LogP contribution in [0.1, 0.15) is 19.3 Å². The zero-order valence-electron chi connectivity index (χ0n) is 30.0. The lowest BCUT2D eigenvalue weighted by atomic mass is 10.1. The van der Waals surface area contributed by atoms with E-state index in [9.17, 15) is 9.59 Å². The first-order valence-electron chi connectivity index (χ1n) is 16.9. The molecule has 0 aliphatic rings. The summed E-state index contributed by atoms with van der Waals surface area (Å²) in [6.07, 6.45) is 2.91. The van der Waals surface area contributed by atoms with Crippen LogP contribution in [-0.4, -0.2) is 88.2 Å². The fraction of sp³-hybridized carbons (Fsp3) is 0.308. The van der Waals surface area contributed by atoms with Crippen molar-refractivity contribution in [3.63, 3.8) is 0 Å². The Balaban J connectivity index is 1.27. The van der Waals surface area contributed by atoms with E-state index < -0.39 is 24.1 Å². The van der Waals surface area contributed by atoms with Gasteiger partial charge in [-0.25, -0.2) is 4.39 Å². The van der Waals surface area contributed by atoms with Crippen molar-refractivity contribution in [1.29, 1.82) is 0 Å². The van der Waals surface area contributed by atoms with Crippen LogP contribution >= 0.6 is 11.3 Å². The molecule has 2 heterocycles. The summed E-state index contributed by atoms with van der Waals surface area (Å²) in [7, 11) is 9.63. The van der Waals surface area contributed by atoms with E-state index in [0.717, 1.165) is 47.1 Å². The van der Waals surface area contributed by atoms with Crippen molar-refractivity contribution in [2.24, 2.45) is 0 Å². The molecule has 0 aliphatic heterocycles. The summed E-state index contributed by atoms with van der Waals surface area (Å²) < 4.78 is 39.6. The Morgan fingerprint density at radius 1 is 0.769 bits per heavy atom. The summed E-state index contributed by atoms with van der Waals surface area (Å²) in [6, 6.07) is 20.5. The van der Waals surface area contributed by atoms with Crippen LogP contribution in [0.2, 0.25) is 0 Å². The van der Waals surface area contributed by atoms with Gasteiger partial charge >= 0.3 is 0 Å². The Hall–Kier alpha value is -5.24. The van der Waals surface area contributed by atoms with Gasteiger partial charge in [0.05, 0.1) is 36.2 Å². The molecule has 0 aliphatic carbocycles. The minimum atomic E-state index is -0.685. The number of anilines is 2. The normalized spacial score (nSPS) is 11.2.